The summed E-state index contributed by atoms with van der Waals surface area (Å²) in [6.45, 7) is 4.35. The molecule has 2 aromatic rings. The van der Waals surface area contributed by atoms with Crippen molar-refractivity contribution in [3.63, 3.8) is 0 Å². The van der Waals surface area contributed by atoms with Gasteiger partial charge in [0.25, 0.3) is 0 Å². The highest BCUT2D eigenvalue weighted by molar-refractivity contribution is 5.74. The molecule has 0 unspecified atom stereocenters. The summed E-state index contributed by atoms with van der Waals surface area (Å²) in [5.41, 5.74) is 13.0. The second-order valence-corrected chi connectivity index (χ2v) is 4.90. The Hall–Kier alpha value is -2.04. The average Bonchev–Trinajstić information content (AvgIpc) is 2.45. The van der Waals surface area contributed by atoms with E-state index in [0.717, 1.165) is 5.69 Å². The fourth-order valence-electron chi connectivity index (χ4n) is 2.27. The lowest BCUT2D eigenvalue weighted by atomic mass is 9.95. The molecule has 0 saturated carbocycles. The van der Waals surface area contributed by atoms with E-state index in [4.69, 9.17) is 16.2 Å². The maximum Gasteiger partial charge on any atom is 0.0393 e. The van der Waals surface area contributed by atoms with Gasteiger partial charge in [0.1, 0.15) is 0 Å². The van der Waals surface area contributed by atoms with Crippen LogP contribution in [0.2, 0.25) is 0 Å². The van der Waals surface area contributed by atoms with Crippen LogP contribution in [-0.4, -0.2) is 24.6 Å². The predicted octanol–water partition coefficient (Wildman–Crippen LogP) is 3.64. The lowest BCUT2D eigenvalue weighted by Gasteiger charge is -2.19. The smallest absolute Gasteiger partial charge is 0.0393 e. The minimum atomic E-state index is 0.804. The summed E-state index contributed by atoms with van der Waals surface area (Å²) in [5, 5.41) is 12.0. The Morgan fingerprint density at radius 1 is 0.850 bits per heavy atom. The SMILES string of the molecule is Cc1c(-c2ccc(N)cc2)ccc(N(C)C)c1C.OO. The summed E-state index contributed by atoms with van der Waals surface area (Å²) in [4.78, 5) is 2.15. The second-order valence-electron chi connectivity index (χ2n) is 4.90. The number of hydrogen-bond donors (Lipinski definition) is 3. The summed E-state index contributed by atoms with van der Waals surface area (Å²) in [6, 6.07) is 12.4. The molecule has 0 aliphatic heterocycles. The van der Waals surface area contributed by atoms with Crippen LogP contribution in [0.4, 0.5) is 11.4 Å². The molecule has 0 bridgehead atoms. The Morgan fingerprint density at radius 2 is 1.40 bits per heavy atom. The summed E-state index contributed by atoms with van der Waals surface area (Å²) in [7, 11) is 4.15. The molecule has 0 heterocycles. The first kappa shape index (κ1) is 16.0. The van der Waals surface area contributed by atoms with Crippen LogP contribution in [0.25, 0.3) is 11.1 Å². The van der Waals surface area contributed by atoms with Gasteiger partial charge in [-0.15, -0.1) is 0 Å². The van der Waals surface area contributed by atoms with Gasteiger partial charge in [0.05, 0.1) is 0 Å². The second kappa shape index (κ2) is 6.93. The Morgan fingerprint density at radius 3 is 1.90 bits per heavy atom. The fourth-order valence-corrected chi connectivity index (χ4v) is 2.27. The van der Waals surface area contributed by atoms with Crippen LogP contribution in [-0.2, 0) is 0 Å². The topological polar surface area (TPSA) is 69.7 Å². The molecule has 108 valence electrons. The molecular formula is C16H22N2O2. The monoisotopic (exact) mass is 274 g/mol. The molecule has 20 heavy (non-hydrogen) atoms. The highest BCUT2D eigenvalue weighted by Gasteiger charge is 2.09. The first-order valence-corrected chi connectivity index (χ1v) is 6.34. The third-order valence-electron chi connectivity index (χ3n) is 3.46. The van der Waals surface area contributed by atoms with Crippen molar-refractivity contribution in [2.75, 3.05) is 24.7 Å². The summed E-state index contributed by atoms with van der Waals surface area (Å²) in [6.07, 6.45) is 0. The maximum atomic E-state index is 6.00. The molecule has 0 radical (unpaired) electrons. The van der Waals surface area contributed by atoms with E-state index in [2.05, 4.69) is 57.1 Å². The van der Waals surface area contributed by atoms with Crippen LogP contribution >= 0.6 is 0 Å². The number of nitrogens with zero attached hydrogens (tertiary/aromatic N) is 1. The molecule has 2 rings (SSSR count). The highest BCUT2D eigenvalue weighted by Crippen LogP contribution is 2.31. The fraction of sp³-hybridized carbons (Fsp3) is 0.250. The van der Waals surface area contributed by atoms with Crippen molar-refractivity contribution in [2.45, 2.75) is 13.8 Å². The third-order valence-corrected chi connectivity index (χ3v) is 3.46. The van der Waals surface area contributed by atoms with Gasteiger partial charge in [0, 0.05) is 25.5 Å². The van der Waals surface area contributed by atoms with Crippen molar-refractivity contribution >= 4 is 11.4 Å². The third kappa shape index (κ3) is 3.29. The predicted molar refractivity (Wildman–Crippen MR) is 85.3 cm³/mol. The molecule has 0 fully saturated rings. The molecule has 0 atom stereocenters. The molecule has 0 amide bonds. The van der Waals surface area contributed by atoms with Gasteiger partial charge in [0.2, 0.25) is 0 Å². The Kier molecular flexibility index (Phi) is 5.55. The van der Waals surface area contributed by atoms with E-state index in [1.165, 1.54) is 27.9 Å². The zero-order chi connectivity index (χ0) is 15.3. The van der Waals surface area contributed by atoms with Crippen LogP contribution in [0.5, 0.6) is 0 Å². The highest BCUT2D eigenvalue weighted by atomic mass is 17.0. The molecule has 0 saturated heterocycles. The minimum Gasteiger partial charge on any atom is -0.399 e. The van der Waals surface area contributed by atoms with Crippen molar-refractivity contribution in [2.24, 2.45) is 0 Å². The number of nitrogen functional groups attached to an aromatic ring is 1. The number of anilines is 2. The van der Waals surface area contributed by atoms with E-state index in [1.54, 1.807) is 0 Å². The number of rotatable bonds is 2. The Bertz CT molecular complexity index is 563. The molecule has 2 aromatic carbocycles. The van der Waals surface area contributed by atoms with Gasteiger partial charge < -0.3 is 10.6 Å². The van der Waals surface area contributed by atoms with E-state index >= 15 is 0 Å². The van der Waals surface area contributed by atoms with Gasteiger partial charge in [-0.3, -0.25) is 10.5 Å². The van der Waals surface area contributed by atoms with Crippen molar-refractivity contribution in [1.29, 1.82) is 0 Å². The Balaban J connectivity index is 0.000000956. The van der Waals surface area contributed by atoms with Crippen molar-refractivity contribution < 1.29 is 10.5 Å². The van der Waals surface area contributed by atoms with Gasteiger partial charge in [-0.2, -0.15) is 0 Å². The zero-order valence-electron chi connectivity index (χ0n) is 12.4. The van der Waals surface area contributed by atoms with Gasteiger partial charge in [-0.05, 0) is 54.3 Å². The first-order valence-electron chi connectivity index (χ1n) is 6.34. The van der Waals surface area contributed by atoms with Gasteiger partial charge in [-0.25, -0.2) is 0 Å². The summed E-state index contributed by atoms with van der Waals surface area (Å²) >= 11 is 0. The normalized spacial score (nSPS) is 9.70. The Labute approximate surface area is 120 Å². The molecule has 0 spiro atoms. The number of nitrogens with two attached hydrogens (primary N) is 1. The number of hydrogen-bond acceptors (Lipinski definition) is 4. The largest absolute Gasteiger partial charge is 0.399 e. The van der Waals surface area contributed by atoms with E-state index in [1.807, 2.05) is 12.1 Å². The molecule has 4 heteroatoms. The lowest BCUT2D eigenvalue weighted by molar-refractivity contribution is -0.176. The first-order chi connectivity index (χ1) is 9.50. The van der Waals surface area contributed by atoms with E-state index in [-0.39, 0.29) is 0 Å². The van der Waals surface area contributed by atoms with Crippen molar-refractivity contribution in [3.8, 4) is 11.1 Å². The van der Waals surface area contributed by atoms with Crippen molar-refractivity contribution in [1.82, 2.24) is 0 Å². The zero-order valence-corrected chi connectivity index (χ0v) is 12.4. The van der Waals surface area contributed by atoms with Crippen LogP contribution in [0, 0.1) is 13.8 Å². The van der Waals surface area contributed by atoms with Gasteiger partial charge >= 0.3 is 0 Å². The average molecular weight is 274 g/mol. The van der Waals surface area contributed by atoms with Gasteiger partial charge in [0.15, 0.2) is 0 Å². The quantitative estimate of drug-likeness (QED) is 0.444. The molecule has 0 aliphatic rings. The van der Waals surface area contributed by atoms with Crippen LogP contribution in [0.3, 0.4) is 0 Å². The standard InChI is InChI=1S/C16H20N2.H2O2/c1-11-12(2)16(18(3)4)10-9-15(11)13-5-7-14(17)8-6-13;1-2/h5-10H,17H2,1-4H3;1-2H. The molecule has 4 nitrogen and oxygen atoms in total. The molecule has 4 N–H and O–H groups in total. The summed E-state index contributed by atoms with van der Waals surface area (Å²) < 4.78 is 0. The van der Waals surface area contributed by atoms with Gasteiger partial charge in [-0.1, -0.05) is 18.2 Å². The van der Waals surface area contributed by atoms with E-state index in [9.17, 15) is 0 Å². The van der Waals surface area contributed by atoms with E-state index < -0.39 is 0 Å². The van der Waals surface area contributed by atoms with E-state index in [0.29, 0.717) is 0 Å². The molecule has 0 aliphatic carbocycles. The van der Waals surface area contributed by atoms with Crippen molar-refractivity contribution in [3.05, 3.63) is 47.5 Å². The summed E-state index contributed by atoms with van der Waals surface area (Å²) in [5.74, 6) is 0. The number of benzene rings is 2. The maximum absolute atomic E-state index is 6.00. The van der Waals surface area contributed by atoms with Crippen LogP contribution in [0.1, 0.15) is 11.1 Å². The van der Waals surface area contributed by atoms with Crippen LogP contribution < -0.4 is 10.6 Å². The minimum absolute atomic E-state index is 0.804. The molecular weight excluding hydrogens is 252 g/mol. The lowest BCUT2D eigenvalue weighted by Crippen LogP contribution is -2.11. The van der Waals surface area contributed by atoms with Crippen LogP contribution in [0.15, 0.2) is 36.4 Å². The molecule has 0 aromatic heterocycles.